The Bertz CT molecular complexity index is 426. The molecule has 2 nitrogen and oxygen atoms in total. The van der Waals surface area contributed by atoms with Crippen molar-refractivity contribution in [1.29, 1.82) is 0 Å². The molecule has 3 heteroatoms. The summed E-state index contributed by atoms with van der Waals surface area (Å²) in [5, 5.41) is 4.31. The molecule has 0 bridgehead atoms. The van der Waals surface area contributed by atoms with Gasteiger partial charge in [0.1, 0.15) is 0 Å². The van der Waals surface area contributed by atoms with Crippen LogP contribution in [0.4, 0.5) is 0 Å². The van der Waals surface area contributed by atoms with Crippen LogP contribution in [0.5, 0.6) is 0 Å². The first-order chi connectivity index (χ1) is 9.34. The molecule has 2 fully saturated rings. The second kappa shape index (κ2) is 5.91. The highest BCUT2D eigenvalue weighted by atomic mass is 32.1. The molecule has 1 aromatic carbocycles. The van der Waals surface area contributed by atoms with E-state index in [-0.39, 0.29) is 0 Å². The van der Waals surface area contributed by atoms with Crippen molar-refractivity contribution in [2.75, 3.05) is 13.1 Å². The molecule has 1 heterocycles. The highest BCUT2D eigenvalue weighted by Crippen LogP contribution is 2.30. The molecule has 0 aromatic heterocycles. The fourth-order valence-corrected chi connectivity index (χ4v) is 3.65. The van der Waals surface area contributed by atoms with Crippen molar-refractivity contribution < 1.29 is 0 Å². The summed E-state index contributed by atoms with van der Waals surface area (Å²) < 4.78 is 0. The van der Waals surface area contributed by atoms with Crippen molar-refractivity contribution >= 4 is 17.3 Å². The van der Waals surface area contributed by atoms with Crippen molar-refractivity contribution in [1.82, 2.24) is 10.2 Å². The van der Waals surface area contributed by atoms with Crippen molar-refractivity contribution in [3.63, 3.8) is 0 Å². The van der Waals surface area contributed by atoms with Gasteiger partial charge in [-0.2, -0.15) is 0 Å². The molecule has 1 aliphatic heterocycles. The molecule has 1 aliphatic carbocycles. The first-order valence-electron chi connectivity index (χ1n) is 7.44. The maximum Gasteiger partial charge on any atom is 0.169 e. The van der Waals surface area contributed by atoms with Crippen LogP contribution in [-0.2, 0) is 0 Å². The third-order valence-electron chi connectivity index (χ3n) is 4.45. The van der Waals surface area contributed by atoms with Gasteiger partial charge in [-0.25, -0.2) is 0 Å². The Hall–Kier alpha value is -1.09. The van der Waals surface area contributed by atoms with Crippen molar-refractivity contribution in [2.24, 2.45) is 5.92 Å². The van der Waals surface area contributed by atoms with Crippen molar-refractivity contribution in [3.05, 3.63) is 35.9 Å². The predicted octanol–water partition coefficient (Wildman–Crippen LogP) is 3.50. The van der Waals surface area contributed by atoms with Crippen LogP contribution in [0.25, 0.3) is 0 Å². The molecule has 0 spiro atoms. The van der Waals surface area contributed by atoms with E-state index in [4.69, 9.17) is 12.2 Å². The molecule has 102 valence electrons. The Morgan fingerprint density at radius 2 is 1.84 bits per heavy atom. The van der Waals surface area contributed by atoms with Gasteiger partial charge in [0.05, 0.1) is 6.04 Å². The number of nitrogens with one attached hydrogen (secondary N) is 1. The summed E-state index contributed by atoms with van der Waals surface area (Å²) in [5.74, 6) is 0.831. The van der Waals surface area contributed by atoms with Crippen LogP contribution in [0.2, 0.25) is 0 Å². The largest absolute Gasteiger partial charge is 0.360 e. The minimum absolute atomic E-state index is 0.427. The number of hydrogen-bond donors (Lipinski definition) is 1. The summed E-state index contributed by atoms with van der Waals surface area (Å²) in [5.41, 5.74) is 1.38. The maximum atomic E-state index is 5.50. The topological polar surface area (TPSA) is 15.3 Å². The van der Waals surface area contributed by atoms with Gasteiger partial charge in [-0.3, -0.25) is 0 Å². The van der Waals surface area contributed by atoms with Crippen LogP contribution in [-0.4, -0.2) is 23.1 Å². The Morgan fingerprint density at radius 3 is 2.58 bits per heavy atom. The lowest BCUT2D eigenvalue weighted by atomic mass is 9.88. The minimum Gasteiger partial charge on any atom is -0.360 e. The zero-order valence-electron chi connectivity index (χ0n) is 11.3. The molecule has 2 aliphatic rings. The van der Waals surface area contributed by atoms with Crippen molar-refractivity contribution in [2.45, 2.75) is 38.1 Å². The molecule has 1 saturated carbocycles. The number of benzene rings is 1. The fourth-order valence-electron chi connectivity index (χ4n) is 3.37. The van der Waals surface area contributed by atoms with Crippen LogP contribution in [0.1, 0.15) is 43.7 Å². The molecule has 19 heavy (non-hydrogen) atoms. The standard InChI is InChI=1S/C16H22N2S/c19-16-17-11-15(14-9-5-2-6-10-14)18(16)12-13-7-3-1-4-8-13/h2,5-6,9-10,13,15H,1,3-4,7-8,11-12H2,(H,17,19)/t15-/m1/s1. The van der Waals surface area contributed by atoms with Crippen LogP contribution in [0, 0.1) is 5.92 Å². The zero-order chi connectivity index (χ0) is 13.1. The Kier molecular flexibility index (Phi) is 4.02. The second-order valence-electron chi connectivity index (χ2n) is 5.77. The maximum absolute atomic E-state index is 5.50. The van der Waals surface area contributed by atoms with E-state index in [0.29, 0.717) is 6.04 Å². The smallest absolute Gasteiger partial charge is 0.169 e. The molecule has 0 radical (unpaired) electrons. The first-order valence-corrected chi connectivity index (χ1v) is 7.85. The number of thiocarbonyl (C=S) groups is 1. The SMILES string of the molecule is S=C1NC[C@H](c2ccccc2)N1CC1CCCCC1. The summed E-state index contributed by atoms with van der Waals surface area (Å²) in [7, 11) is 0. The molecule has 1 atom stereocenters. The third kappa shape index (κ3) is 2.92. The van der Waals surface area contributed by atoms with Crippen LogP contribution in [0.15, 0.2) is 30.3 Å². The van der Waals surface area contributed by atoms with E-state index in [1.807, 2.05) is 0 Å². The molecule has 1 saturated heterocycles. The van der Waals surface area contributed by atoms with Gasteiger partial charge in [-0.15, -0.1) is 0 Å². The van der Waals surface area contributed by atoms with Gasteiger partial charge in [-0.05, 0) is 36.5 Å². The van der Waals surface area contributed by atoms with E-state index in [0.717, 1.165) is 24.1 Å². The molecule has 1 aromatic rings. The number of nitrogens with zero attached hydrogens (tertiary/aromatic N) is 1. The average Bonchev–Trinajstić information content (AvgIpc) is 2.82. The summed E-state index contributed by atoms with van der Waals surface area (Å²) in [4.78, 5) is 2.42. The van der Waals surface area contributed by atoms with Gasteiger partial charge >= 0.3 is 0 Å². The lowest BCUT2D eigenvalue weighted by Crippen LogP contribution is -2.34. The van der Waals surface area contributed by atoms with E-state index < -0.39 is 0 Å². The van der Waals surface area contributed by atoms with E-state index in [2.05, 4.69) is 40.5 Å². The lowest BCUT2D eigenvalue weighted by Gasteiger charge is -2.31. The Morgan fingerprint density at radius 1 is 1.11 bits per heavy atom. The minimum atomic E-state index is 0.427. The van der Waals surface area contributed by atoms with Crippen LogP contribution < -0.4 is 5.32 Å². The normalized spacial score (nSPS) is 24.5. The average molecular weight is 274 g/mol. The third-order valence-corrected chi connectivity index (χ3v) is 4.83. The van der Waals surface area contributed by atoms with E-state index in [1.54, 1.807) is 0 Å². The zero-order valence-corrected chi connectivity index (χ0v) is 12.2. The van der Waals surface area contributed by atoms with Crippen molar-refractivity contribution in [3.8, 4) is 0 Å². The van der Waals surface area contributed by atoms with Gasteiger partial charge < -0.3 is 10.2 Å². The van der Waals surface area contributed by atoms with Gasteiger partial charge in [0, 0.05) is 13.1 Å². The summed E-state index contributed by atoms with van der Waals surface area (Å²) in [6.45, 7) is 2.08. The second-order valence-corrected chi connectivity index (χ2v) is 6.16. The molecule has 0 unspecified atom stereocenters. The number of rotatable bonds is 3. The quantitative estimate of drug-likeness (QED) is 0.849. The van der Waals surface area contributed by atoms with Gasteiger partial charge in [0.25, 0.3) is 0 Å². The van der Waals surface area contributed by atoms with Gasteiger partial charge in [0.2, 0.25) is 0 Å². The monoisotopic (exact) mass is 274 g/mol. The van der Waals surface area contributed by atoms with E-state index in [1.165, 1.54) is 37.7 Å². The molecule has 0 amide bonds. The van der Waals surface area contributed by atoms with Crippen LogP contribution in [0.3, 0.4) is 0 Å². The Balaban J connectivity index is 1.71. The highest BCUT2D eigenvalue weighted by molar-refractivity contribution is 7.80. The molecule has 3 rings (SSSR count). The number of hydrogen-bond acceptors (Lipinski definition) is 1. The predicted molar refractivity (Wildman–Crippen MR) is 83.1 cm³/mol. The Labute approximate surface area is 121 Å². The van der Waals surface area contributed by atoms with E-state index in [9.17, 15) is 0 Å². The van der Waals surface area contributed by atoms with Gasteiger partial charge in [-0.1, -0.05) is 49.6 Å². The summed E-state index contributed by atoms with van der Waals surface area (Å²) >= 11 is 5.50. The lowest BCUT2D eigenvalue weighted by molar-refractivity contribution is 0.251. The molecule has 1 N–H and O–H groups in total. The summed E-state index contributed by atoms with van der Waals surface area (Å²) in [6, 6.07) is 11.2. The first kappa shape index (κ1) is 12.9. The molecular formula is C16H22N2S. The van der Waals surface area contributed by atoms with Gasteiger partial charge in [0.15, 0.2) is 5.11 Å². The van der Waals surface area contributed by atoms with E-state index >= 15 is 0 Å². The molecular weight excluding hydrogens is 252 g/mol. The van der Waals surface area contributed by atoms with Crippen LogP contribution >= 0.6 is 12.2 Å². The highest BCUT2D eigenvalue weighted by Gasteiger charge is 2.31. The summed E-state index contributed by atoms with van der Waals surface area (Å²) in [6.07, 6.45) is 6.96. The fraction of sp³-hybridized carbons (Fsp3) is 0.562.